The Morgan fingerprint density at radius 1 is 1.18 bits per heavy atom. The number of hydrogen-bond acceptors (Lipinski definition) is 4. The van der Waals surface area contributed by atoms with E-state index >= 15 is 0 Å². The summed E-state index contributed by atoms with van der Waals surface area (Å²) in [5, 5.41) is -0.0995. The number of para-hydroxylation sites is 1. The van der Waals surface area contributed by atoms with E-state index in [9.17, 15) is 22.4 Å². The van der Waals surface area contributed by atoms with Gasteiger partial charge in [-0.2, -0.15) is 13.2 Å². The number of alkyl halides is 3. The van der Waals surface area contributed by atoms with Gasteiger partial charge < -0.3 is 14.5 Å². The number of carbonyl (C=O) groups excluding carboxylic acids is 1. The number of pyridine rings is 1. The number of halogens is 5. The molecule has 0 bridgehead atoms. The lowest BCUT2D eigenvalue weighted by Gasteiger charge is -2.35. The minimum atomic E-state index is -4.52. The molecule has 0 saturated carbocycles. The van der Waals surface area contributed by atoms with Gasteiger partial charge in [-0.05, 0) is 18.2 Å². The molecule has 2 aromatic rings. The van der Waals surface area contributed by atoms with Gasteiger partial charge in [-0.3, -0.25) is 4.79 Å². The number of carbonyl (C=O) groups is 1. The molecule has 1 aliphatic rings. The highest BCUT2D eigenvalue weighted by Crippen LogP contribution is 2.33. The number of amides is 1. The molecule has 5 nitrogen and oxygen atoms in total. The van der Waals surface area contributed by atoms with E-state index in [4.69, 9.17) is 16.3 Å². The quantitative estimate of drug-likeness (QED) is 0.713. The average molecular weight is 418 g/mol. The second-order valence-corrected chi connectivity index (χ2v) is 6.52. The molecule has 0 spiro atoms. The van der Waals surface area contributed by atoms with E-state index in [1.165, 1.54) is 23.1 Å². The lowest BCUT2D eigenvalue weighted by Crippen LogP contribution is -2.50. The zero-order chi connectivity index (χ0) is 20.3. The molecule has 10 heteroatoms. The van der Waals surface area contributed by atoms with Crippen LogP contribution in [-0.4, -0.2) is 48.6 Å². The minimum absolute atomic E-state index is 0.00442. The summed E-state index contributed by atoms with van der Waals surface area (Å²) in [6.45, 7) is 1.03. The van der Waals surface area contributed by atoms with Gasteiger partial charge in [-0.25, -0.2) is 9.37 Å². The van der Waals surface area contributed by atoms with Crippen LogP contribution in [0.1, 0.15) is 5.56 Å². The van der Waals surface area contributed by atoms with Crippen molar-refractivity contribution in [2.24, 2.45) is 0 Å². The van der Waals surface area contributed by atoms with Gasteiger partial charge in [-0.1, -0.05) is 23.7 Å². The molecule has 150 valence electrons. The SMILES string of the molecule is O=C(COc1ccccc1F)N1CCN(c2ncc(C(F)(F)F)cc2Cl)CC1. The number of aromatic nitrogens is 1. The number of piperazine rings is 1. The molecular formula is C18H16ClF4N3O2. The Bertz CT molecular complexity index is 855. The van der Waals surface area contributed by atoms with Crippen LogP contribution in [0.15, 0.2) is 36.5 Å². The van der Waals surface area contributed by atoms with Gasteiger partial charge in [0, 0.05) is 32.4 Å². The third-order valence-electron chi connectivity index (χ3n) is 4.27. The Balaban J connectivity index is 1.55. The maximum atomic E-state index is 13.5. The third-order valence-corrected chi connectivity index (χ3v) is 4.55. The number of benzene rings is 1. The highest BCUT2D eigenvalue weighted by Gasteiger charge is 2.32. The van der Waals surface area contributed by atoms with Gasteiger partial charge in [0.05, 0.1) is 10.6 Å². The van der Waals surface area contributed by atoms with Crippen molar-refractivity contribution >= 4 is 23.3 Å². The van der Waals surface area contributed by atoms with Crippen molar-refractivity contribution < 1.29 is 27.1 Å². The summed E-state index contributed by atoms with van der Waals surface area (Å²) in [6, 6.07) is 6.62. The number of hydrogen-bond donors (Lipinski definition) is 0. The number of rotatable bonds is 4. The van der Waals surface area contributed by atoms with Crippen LogP contribution in [0.4, 0.5) is 23.4 Å². The molecule has 28 heavy (non-hydrogen) atoms. The molecule has 1 aliphatic heterocycles. The van der Waals surface area contributed by atoms with Gasteiger partial charge in [0.2, 0.25) is 0 Å². The second-order valence-electron chi connectivity index (χ2n) is 6.11. The highest BCUT2D eigenvalue weighted by atomic mass is 35.5. The number of anilines is 1. The predicted octanol–water partition coefficient (Wildman–Crippen LogP) is 3.62. The fourth-order valence-corrected chi connectivity index (χ4v) is 3.06. The van der Waals surface area contributed by atoms with Crippen molar-refractivity contribution in [1.82, 2.24) is 9.88 Å². The summed E-state index contributed by atoms with van der Waals surface area (Å²) in [5.41, 5.74) is -0.916. The van der Waals surface area contributed by atoms with Gasteiger partial charge in [-0.15, -0.1) is 0 Å². The zero-order valence-corrected chi connectivity index (χ0v) is 15.3. The van der Waals surface area contributed by atoms with Crippen LogP contribution in [0.25, 0.3) is 0 Å². The predicted molar refractivity (Wildman–Crippen MR) is 94.9 cm³/mol. The van der Waals surface area contributed by atoms with Crippen LogP contribution < -0.4 is 9.64 Å². The Kier molecular flexibility index (Phi) is 5.93. The molecule has 1 aromatic carbocycles. The Morgan fingerprint density at radius 2 is 1.86 bits per heavy atom. The Hall–Kier alpha value is -2.55. The molecule has 0 N–H and O–H groups in total. The third kappa shape index (κ3) is 4.64. The van der Waals surface area contributed by atoms with Crippen LogP contribution in [0.3, 0.4) is 0 Å². The lowest BCUT2D eigenvalue weighted by molar-refractivity contribution is -0.138. The van der Waals surface area contributed by atoms with Gasteiger partial charge in [0.15, 0.2) is 18.2 Å². The lowest BCUT2D eigenvalue weighted by atomic mass is 10.2. The molecule has 1 fully saturated rings. The molecule has 0 aliphatic carbocycles. The van der Waals surface area contributed by atoms with E-state index in [1.807, 2.05) is 0 Å². The molecular weight excluding hydrogens is 402 g/mol. The molecule has 0 radical (unpaired) electrons. The maximum absolute atomic E-state index is 13.5. The maximum Gasteiger partial charge on any atom is 0.417 e. The van der Waals surface area contributed by atoms with Crippen molar-refractivity contribution in [1.29, 1.82) is 0 Å². The summed E-state index contributed by atoms with van der Waals surface area (Å²) in [7, 11) is 0. The molecule has 1 aromatic heterocycles. The van der Waals surface area contributed by atoms with Crippen molar-refractivity contribution in [3.8, 4) is 5.75 Å². The van der Waals surface area contributed by atoms with Gasteiger partial charge >= 0.3 is 6.18 Å². The number of nitrogens with zero attached hydrogens (tertiary/aromatic N) is 3. The summed E-state index contributed by atoms with van der Waals surface area (Å²) in [4.78, 5) is 19.3. The Labute approximate surface area is 163 Å². The fourth-order valence-electron chi connectivity index (χ4n) is 2.78. The Morgan fingerprint density at radius 3 is 2.46 bits per heavy atom. The first-order chi connectivity index (χ1) is 13.3. The minimum Gasteiger partial charge on any atom is -0.481 e. The van der Waals surface area contributed by atoms with Crippen LogP contribution >= 0.6 is 11.6 Å². The van der Waals surface area contributed by atoms with Crippen molar-refractivity contribution in [3.63, 3.8) is 0 Å². The standard InChI is InChI=1S/C18H16ClF4N3O2/c19-13-9-12(18(21,22)23)10-24-17(13)26-7-5-25(6-8-26)16(27)11-28-15-4-2-1-3-14(15)20/h1-4,9-10H,5-8,11H2. The van der Waals surface area contributed by atoms with E-state index in [0.29, 0.717) is 26.2 Å². The first kappa shape index (κ1) is 20.2. The molecule has 3 rings (SSSR count). The van der Waals surface area contributed by atoms with E-state index < -0.39 is 17.6 Å². The van der Waals surface area contributed by atoms with Crippen LogP contribution in [0.2, 0.25) is 5.02 Å². The normalized spacial score (nSPS) is 14.9. The molecule has 1 amide bonds. The summed E-state index contributed by atoms with van der Waals surface area (Å²) >= 11 is 5.96. The molecule has 0 unspecified atom stereocenters. The van der Waals surface area contributed by atoms with Crippen molar-refractivity contribution in [2.75, 3.05) is 37.7 Å². The largest absolute Gasteiger partial charge is 0.481 e. The fraction of sp³-hybridized carbons (Fsp3) is 0.333. The molecule has 0 atom stereocenters. The molecule has 2 heterocycles. The van der Waals surface area contributed by atoms with E-state index in [0.717, 1.165) is 12.3 Å². The van der Waals surface area contributed by atoms with E-state index in [2.05, 4.69) is 4.98 Å². The van der Waals surface area contributed by atoms with Crippen LogP contribution in [-0.2, 0) is 11.0 Å². The van der Waals surface area contributed by atoms with Crippen LogP contribution in [0, 0.1) is 5.82 Å². The smallest absolute Gasteiger partial charge is 0.417 e. The van der Waals surface area contributed by atoms with Crippen LogP contribution in [0.5, 0.6) is 5.75 Å². The topological polar surface area (TPSA) is 45.7 Å². The van der Waals surface area contributed by atoms with E-state index in [1.54, 1.807) is 11.0 Å². The van der Waals surface area contributed by atoms with Gasteiger partial charge in [0.1, 0.15) is 5.82 Å². The summed E-state index contributed by atoms with van der Waals surface area (Å²) in [6.07, 6.45) is -3.78. The highest BCUT2D eigenvalue weighted by molar-refractivity contribution is 6.33. The first-order valence-electron chi connectivity index (χ1n) is 8.38. The molecule has 1 saturated heterocycles. The first-order valence-corrected chi connectivity index (χ1v) is 8.76. The monoisotopic (exact) mass is 417 g/mol. The summed E-state index contributed by atoms with van der Waals surface area (Å²) < 4.78 is 56.9. The second kappa shape index (κ2) is 8.22. The van der Waals surface area contributed by atoms with Crippen molar-refractivity contribution in [3.05, 3.63) is 52.9 Å². The average Bonchev–Trinajstić information content (AvgIpc) is 2.66. The zero-order valence-electron chi connectivity index (χ0n) is 14.5. The van der Waals surface area contributed by atoms with Gasteiger partial charge in [0.25, 0.3) is 5.91 Å². The number of ether oxygens (including phenoxy) is 1. The summed E-state index contributed by atoms with van der Waals surface area (Å²) in [5.74, 6) is -0.628. The van der Waals surface area contributed by atoms with Crippen molar-refractivity contribution in [2.45, 2.75) is 6.18 Å². The van der Waals surface area contributed by atoms with E-state index in [-0.39, 0.29) is 29.1 Å².